The zero-order valence-corrected chi connectivity index (χ0v) is 26.6. The monoisotopic (exact) mass is 581 g/mol. The average molecular weight is 582 g/mol. The number of carbonyl (C=O) groups is 1. The lowest BCUT2D eigenvalue weighted by atomic mass is 10.1. The van der Waals surface area contributed by atoms with Crippen LogP contribution in [0, 0.1) is 6.92 Å². The maximum absolute atomic E-state index is 12.3. The molecular weight excluding hydrogens is 534 g/mol. The molecule has 0 bridgehead atoms. The number of benzene rings is 2. The molecule has 1 aliphatic heterocycles. The van der Waals surface area contributed by atoms with Crippen LogP contribution in [0.4, 0.5) is 5.69 Å². The summed E-state index contributed by atoms with van der Waals surface area (Å²) in [6.07, 6.45) is 9.24. The SMILES string of the molecule is C/C=C(\C(C)=C/CC)N(CCCN1CCN(CCSC(=O)CCCc2ccccc2)CC1)c1cc(Cl)ccc1C. The lowest BCUT2D eigenvalue weighted by Crippen LogP contribution is -2.47. The average Bonchev–Trinajstić information content (AvgIpc) is 2.95. The third-order valence-electron chi connectivity index (χ3n) is 7.62. The molecule has 4 nitrogen and oxygen atoms in total. The van der Waals surface area contributed by atoms with Gasteiger partial charge in [-0.05, 0) is 81.8 Å². The highest BCUT2D eigenvalue weighted by Crippen LogP contribution is 2.30. The number of hydrogen-bond donors (Lipinski definition) is 0. The van der Waals surface area contributed by atoms with Crippen molar-refractivity contribution in [2.24, 2.45) is 0 Å². The fraction of sp³-hybridized carbons (Fsp3) is 0.500. The van der Waals surface area contributed by atoms with Crippen LogP contribution in [0.15, 0.2) is 72.0 Å². The predicted molar refractivity (Wildman–Crippen MR) is 176 cm³/mol. The Hall–Kier alpha value is -2.05. The van der Waals surface area contributed by atoms with Crippen molar-refractivity contribution in [2.75, 3.05) is 56.5 Å². The molecular formula is C34H48ClN3OS. The molecule has 1 aliphatic rings. The van der Waals surface area contributed by atoms with Gasteiger partial charge in [0, 0.05) is 67.8 Å². The minimum Gasteiger partial charge on any atom is -0.341 e. The highest BCUT2D eigenvalue weighted by Gasteiger charge is 2.19. The van der Waals surface area contributed by atoms with Crippen LogP contribution < -0.4 is 4.90 Å². The van der Waals surface area contributed by atoms with Gasteiger partial charge >= 0.3 is 0 Å². The second-order valence-corrected chi connectivity index (χ2v) is 12.2. The summed E-state index contributed by atoms with van der Waals surface area (Å²) in [5, 5.41) is 1.11. The van der Waals surface area contributed by atoms with Crippen molar-refractivity contribution in [1.82, 2.24) is 9.80 Å². The molecule has 0 unspecified atom stereocenters. The van der Waals surface area contributed by atoms with Gasteiger partial charge in [-0.25, -0.2) is 0 Å². The maximum atomic E-state index is 12.3. The molecule has 1 heterocycles. The Bertz CT molecular complexity index is 1110. The third-order valence-corrected chi connectivity index (χ3v) is 8.77. The molecule has 0 radical (unpaired) electrons. The van der Waals surface area contributed by atoms with Gasteiger partial charge in [-0.3, -0.25) is 9.69 Å². The lowest BCUT2D eigenvalue weighted by molar-refractivity contribution is -0.111. The van der Waals surface area contributed by atoms with Crippen LogP contribution >= 0.6 is 23.4 Å². The molecule has 6 heteroatoms. The van der Waals surface area contributed by atoms with Gasteiger partial charge in [-0.15, -0.1) is 0 Å². The zero-order chi connectivity index (χ0) is 28.7. The van der Waals surface area contributed by atoms with Crippen LogP contribution in [0.3, 0.4) is 0 Å². The number of nitrogens with zero attached hydrogens (tertiary/aromatic N) is 3. The highest BCUT2D eigenvalue weighted by molar-refractivity contribution is 8.13. The largest absolute Gasteiger partial charge is 0.341 e. The van der Waals surface area contributed by atoms with Crippen LogP contribution in [0.1, 0.15) is 57.6 Å². The summed E-state index contributed by atoms with van der Waals surface area (Å²) in [6, 6.07) is 16.6. The van der Waals surface area contributed by atoms with E-state index in [9.17, 15) is 4.79 Å². The molecule has 0 N–H and O–H groups in total. The second-order valence-electron chi connectivity index (χ2n) is 10.6. The molecule has 0 aliphatic carbocycles. The van der Waals surface area contributed by atoms with E-state index in [0.29, 0.717) is 11.5 Å². The first-order valence-electron chi connectivity index (χ1n) is 14.9. The molecule has 0 saturated carbocycles. The lowest BCUT2D eigenvalue weighted by Gasteiger charge is -2.35. The zero-order valence-electron chi connectivity index (χ0n) is 25.0. The Kier molecular flexibility index (Phi) is 14.4. The van der Waals surface area contributed by atoms with E-state index >= 15 is 0 Å². The number of carbonyl (C=O) groups excluding carboxylic acids is 1. The van der Waals surface area contributed by atoms with E-state index in [1.54, 1.807) is 0 Å². The van der Waals surface area contributed by atoms with E-state index in [1.165, 1.54) is 39.8 Å². The standard InChI is InChI=1S/C34H48ClN3OS/c1-5-12-28(3)32(6-2)38(33-27-31(35)18-17-29(33)4)20-11-19-36-21-23-37(24-22-36)25-26-40-34(39)16-10-15-30-13-8-7-9-14-30/h6-9,12-14,17-18,27H,5,10-11,15-16,19-26H2,1-4H3/b28-12-,32-6+. The molecule has 3 rings (SSSR count). The topological polar surface area (TPSA) is 26.8 Å². The fourth-order valence-corrected chi connectivity index (χ4v) is 6.41. The van der Waals surface area contributed by atoms with Gasteiger partial charge in [-0.2, -0.15) is 0 Å². The molecule has 1 saturated heterocycles. The number of thioether (sulfide) groups is 1. The predicted octanol–water partition coefficient (Wildman–Crippen LogP) is 8.01. The Balaban J connectivity index is 1.39. The molecule has 218 valence electrons. The number of piperazine rings is 1. The van der Waals surface area contributed by atoms with E-state index < -0.39 is 0 Å². The van der Waals surface area contributed by atoms with Crippen LogP contribution in [0.25, 0.3) is 0 Å². The number of anilines is 1. The maximum Gasteiger partial charge on any atom is 0.188 e. The van der Waals surface area contributed by atoms with Crippen LogP contribution in [0.5, 0.6) is 0 Å². The van der Waals surface area contributed by atoms with Gasteiger partial charge in [0.05, 0.1) is 0 Å². The summed E-state index contributed by atoms with van der Waals surface area (Å²) in [5.74, 6) is 0.898. The van der Waals surface area contributed by atoms with Gasteiger partial charge < -0.3 is 9.80 Å². The smallest absolute Gasteiger partial charge is 0.188 e. The van der Waals surface area contributed by atoms with Crippen LogP contribution in [0.2, 0.25) is 5.02 Å². The minimum absolute atomic E-state index is 0.332. The van der Waals surface area contributed by atoms with E-state index in [0.717, 1.165) is 82.3 Å². The van der Waals surface area contributed by atoms with Crippen molar-refractivity contribution in [3.8, 4) is 0 Å². The van der Waals surface area contributed by atoms with Crippen molar-refractivity contribution in [2.45, 2.75) is 59.8 Å². The number of allylic oxidation sites excluding steroid dienone is 3. The Morgan fingerprint density at radius 3 is 2.40 bits per heavy atom. The minimum atomic E-state index is 0.332. The molecule has 0 aromatic heterocycles. The van der Waals surface area contributed by atoms with Gasteiger partial charge in [0.15, 0.2) is 5.12 Å². The van der Waals surface area contributed by atoms with Gasteiger partial charge in [-0.1, -0.05) is 78.8 Å². The summed E-state index contributed by atoms with van der Waals surface area (Å²) < 4.78 is 0. The molecule has 0 atom stereocenters. The van der Waals surface area contributed by atoms with Crippen molar-refractivity contribution in [1.29, 1.82) is 0 Å². The third kappa shape index (κ3) is 10.7. The number of halogens is 1. The number of aryl methyl sites for hydroxylation is 2. The quantitative estimate of drug-likeness (QED) is 0.199. The Morgan fingerprint density at radius 1 is 1.02 bits per heavy atom. The first-order valence-corrected chi connectivity index (χ1v) is 16.3. The normalized spacial score (nSPS) is 15.4. The Labute approximate surface area is 252 Å². The van der Waals surface area contributed by atoms with Crippen molar-refractivity contribution < 1.29 is 4.79 Å². The summed E-state index contributed by atoms with van der Waals surface area (Å²) in [7, 11) is 0. The van der Waals surface area contributed by atoms with Crippen LogP contribution in [-0.2, 0) is 11.2 Å². The highest BCUT2D eigenvalue weighted by atomic mass is 35.5. The summed E-state index contributed by atoms with van der Waals surface area (Å²) >= 11 is 7.94. The number of rotatable bonds is 15. The molecule has 1 fully saturated rings. The Morgan fingerprint density at radius 2 is 1.73 bits per heavy atom. The summed E-state index contributed by atoms with van der Waals surface area (Å²) in [6.45, 7) is 16.1. The number of hydrogen-bond acceptors (Lipinski definition) is 5. The van der Waals surface area contributed by atoms with Crippen molar-refractivity contribution in [3.05, 3.63) is 88.1 Å². The summed E-state index contributed by atoms with van der Waals surface area (Å²) in [4.78, 5) is 19.9. The molecule has 40 heavy (non-hydrogen) atoms. The first-order chi connectivity index (χ1) is 19.4. The van der Waals surface area contributed by atoms with Crippen molar-refractivity contribution in [3.63, 3.8) is 0 Å². The van der Waals surface area contributed by atoms with E-state index in [4.69, 9.17) is 11.6 Å². The first kappa shape index (κ1) is 32.5. The fourth-order valence-electron chi connectivity index (χ4n) is 5.38. The van der Waals surface area contributed by atoms with Gasteiger partial charge in [0.2, 0.25) is 0 Å². The van der Waals surface area contributed by atoms with E-state index in [1.807, 2.05) is 12.1 Å². The van der Waals surface area contributed by atoms with Gasteiger partial charge in [0.25, 0.3) is 0 Å². The second kappa shape index (κ2) is 17.7. The van der Waals surface area contributed by atoms with Crippen molar-refractivity contribution >= 4 is 34.2 Å². The molecule has 2 aromatic rings. The molecule has 0 spiro atoms. The molecule has 2 aromatic carbocycles. The summed E-state index contributed by atoms with van der Waals surface area (Å²) in [5.41, 5.74) is 6.33. The van der Waals surface area contributed by atoms with Crippen LogP contribution in [-0.4, -0.2) is 66.5 Å². The molecule has 0 amide bonds. The van der Waals surface area contributed by atoms with E-state index in [2.05, 4.69) is 90.9 Å². The van der Waals surface area contributed by atoms with E-state index in [-0.39, 0.29) is 0 Å². The van der Waals surface area contributed by atoms with Gasteiger partial charge in [0.1, 0.15) is 0 Å².